The number of halogens is 1. The Morgan fingerprint density at radius 2 is 1.96 bits per heavy atom. The molecular weight excluding hydrogens is 335 g/mol. The van der Waals surface area contributed by atoms with Gasteiger partial charge < -0.3 is 20.3 Å². The molecule has 1 atom stereocenters. The van der Waals surface area contributed by atoms with Gasteiger partial charge in [-0.25, -0.2) is 9.18 Å². The molecule has 7 heteroatoms. The number of ether oxygens (including phenoxy) is 1. The average molecular weight is 366 g/mol. The molecule has 1 unspecified atom stereocenters. The molecule has 1 aromatic rings. The number of urea groups is 1. The summed E-state index contributed by atoms with van der Waals surface area (Å²) in [7, 11) is 2.13. The molecule has 1 aliphatic rings. The number of rotatable bonds is 7. The number of nitrogens with zero attached hydrogens (tertiary/aromatic N) is 2. The van der Waals surface area contributed by atoms with Gasteiger partial charge in [-0.05, 0) is 32.0 Å². The predicted octanol–water partition coefficient (Wildman–Crippen LogP) is 2.62. The van der Waals surface area contributed by atoms with Gasteiger partial charge in [0, 0.05) is 44.8 Å². The van der Waals surface area contributed by atoms with E-state index in [9.17, 15) is 9.18 Å². The minimum absolute atomic E-state index is 0.286. The fourth-order valence-corrected chi connectivity index (χ4v) is 3.18. The standard InChI is InChI=1S/C19H31FN4O2/c1-5-26-18-12-15(20)6-7-16(18)22-19(25)21-13-17(14(2)3)24-10-8-23(4)9-11-24/h6-7,12,14,17H,5,8-11,13H2,1-4H3,(H2,21,22,25). The molecule has 2 N–H and O–H groups in total. The summed E-state index contributed by atoms with van der Waals surface area (Å²) in [6, 6.07) is 4.08. The molecule has 2 rings (SSSR count). The molecule has 1 fully saturated rings. The van der Waals surface area contributed by atoms with Gasteiger partial charge in [0.25, 0.3) is 0 Å². The smallest absolute Gasteiger partial charge is 0.319 e. The molecule has 0 saturated carbocycles. The van der Waals surface area contributed by atoms with E-state index < -0.39 is 5.82 Å². The fraction of sp³-hybridized carbons (Fsp3) is 0.632. The zero-order valence-corrected chi connectivity index (χ0v) is 16.2. The molecule has 0 spiro atoms. The molecule has 0 aromatic heterocycles. The van der Waals surface area contributed by atoms with E-state index in [-0.39, 0.29) is 12.1 Å². The van der Waals surface area contributed by atoms with Crippen LogP contribution in [0, 0.1) is 11.7 Å². The summed E-state index contributed by atoms with van der Waals surface area (Å²) in [5, 5.41) is 5.71. The number of hydrogen-bond acceptors (Lipinski definition) is 4. The number of carbonyl (C=O) groups excluding carboxylic acids is 1. The lowest BCUT2D eigenvalue weighted by atomic mass is 10.0. The summed E-state index contributed by atoms with van der Waals surface area (Å²) >= 11 is 0. The van der Waals surface area contributed by atoms with Crippen molar-refractivity contribution in [1.82, 2.24) is 15.1 Å². The Hall–Kier alpha value is -1.86. The van der Waals surface area contributed by atoms with E-state index in [0.717, 1.165) is 26.2 Å². The lowest BCUT2D eigenvalue weighted by Crippen LogP contribution is -2.54. The number of hydrogen-bond donors (Lipinski definition) is 2. The van der Waals surface area contributed by atoms with Crippen molar-refractivity contribution in [3.05, 3.63) is 24.0 Å². The fourth-order valence-electron chi connectivity index (χ4n) is 3.18. The molecule has 1 aromatic carbocycles. The molecule has 1 heterocycles. The van der Waals surface area contributed by atoms with Gasteiger partial charge >= 0.3 is 6.03 Å². The van der Waals surface area contributed by atoms with Crippen LogP contribution in [-0.4, -0.2) is 68.3 Å². The third kappa shape index (κ3) is 5.85. The predicted molar refractivity (Wildman–Crippen MR) is 102 cm³/mol. The first-order chi connectivity index (χ1) is 12.4. The maximum atomic E-state index is 13.4. The number of anilines is 1. The first-order valence-electron chi connectivity index (χ1n) is 9.30. The van der Waals surface area contributed by atoms with Crippen LogP contribution in [0.3, 0.4) is 0 Å². The normalized spacial score (nSPS) is 17.2. The highest BCUT2D eigenvalue weighted by atomic mass is 19.1. The van der Waals surface area contributed by atoms with E-state index in [1.807, 2.05) is 6.92 Å². The first kappa shape index (κ1) is 20.5. The third-order valence-electron chi connectivity index (χ3n) is 4.74. The van der Waals surface area contributed by atoms with Crippen molar-refractivity contribution in [2.24, 2.45) is 5.92 Å². The molecule has 146 valence electrons. The van der Waals surface area contributed by atoms with E-state index >= 15 is 0 Å². The molecule has 26 heavy (non-hydrogen) atoms. The Balaban J connectivity index is 1.92. The minimum atomic E-state index is -0.394. The highest BCUT2D eigenvalue weighted by Crippen LogP contribution is 2.25. The number of likely N-dealkylation sites (N-methyl/N-ethyl adjacent to an activating group) is 1. The summed E-state index contributed by atoms with van der Waals surface area (Å²) in [5.41, 5.74) is 0.464. The van der Waals surface area contributed by atoms with Crippen LogP contribution < -0.4 is 15.4 Å². The molecule has 0 bridgehead atoms. The number of benzene rings is 1. The summed E-state index contributed by atoms with van der Waals surface area (Å²) < 4.78 is 18.8. The van der Waals surface area contributed by atoms with Gasteiger partial charge in [-0.15, -0.1) is 0 Å². The van der Waals surface area contributed by atoms with Gasteiger partial charge in [0.1, 0.15) is 11.6 Å². The molecule has 2 amide bonds. The van der Waals surface area contributed by atoms with Crippen LogP contribution in [0.5, 0.6) is 5.75 Å². The average Bonchev–Trinajstić information content (AvgIpc) is 2.59. The van der Waals surface area contributed by atoms with Crippen LogP contribution in [0.25, 0.3) is 0 Å². The quantitative estimate of drug-likeness (QED) is 0.779. The Morgan fingerprint density at radius 3 is 2.58 bits per heavy atom. The monoisotopic (exact) mass is 366 g/mol. The Morgan fingerprint density at radius 1 is 1.27 bits per heavy atom. The van der Waals surface area contributed by atoms with Crippen molar-refractivity contribution in [3.8, 4) is 5.75 Å². The molecule has 1 aliphatic heterocycles. The minimum Gasteiger partial charge on any atom is -0.492 e. The van der Waals surface area contributed by atoms with Crippen molar-refractivity contribution in [1.29, 1.82) is 0 Å². The molecule has 0 radical (unpaired) electrons. The largest absolute Gasteiger partial charge is 0.492 e. The van der Waals surface area contributed by atoms with Crippen molar-refractivity contribution >= 4 is 11.7 Å². The van der Waals surface area contributed by atoms with Gasteiger partial charge in [0.15, 0.2) is 0 Å². The molecular formula is C19H31FN4O2. The van der Waals surface area contributed by atoms with Crippen LogP contribution >= 0.6 is 0 Å². The third-order valence-corrected chi connectivity index (χ3v) is 4.74. The Bertz CT molecular complexity index is 589. The van der Waals surface area contributed by atoms with Crippen LogP contribution in [0.15, 0.2) is 18.2 Å². The maximum absolute atomic E-state index is 13.4. The van der Waals surface area contributed by atoms with Gasteiger partial charge in [-0.1, -0.05) is 13.8 Å². The summed E-state index contributed by atoms with van der Waals surface area (Å²) in [4.78, 5) is 17.1. The van der Waals surface area contributed by atoms with Gasteiger partial charge in [-0.2, -0.15) is 0 Å². The second-order valence-electron chi connectivity index (χ2n) is 7.06. The van der Waals surface area contributed by atoms with E-state index in [4.69, 9.17) is 4.74 Å². The summed E-state index contributed by atoms with van der Waals surface area (Å²) in [6.07, 6.45) is 0. The first-order valence-corrected chi connectivity index (χ1v) is 9.30. The molecule has 6 nitrogen and oxygen atoms in total. The summed E-state index contributed by atoms with van der Waals surface area (Å²) in [5.74, 6) is 0.375. The van der Waals surface area contributed by atoms with Crippen molar-refractivity contribution < 1.29 is 13.9 Å². The molecule has 1 saturated heterocycles. The van der Waals surface area contributed by atoms with Crippen molar-refractivity contribution in [2.75, 3.05) is 51.7 Å². The van der Waals surface area contributed by atoms with Gasteiger partial charge in [0.05, 0.1) is 12.3 Å². The van der Waals surface area contributed by atoms with Gasteiger partial charge in [0.2, 0.25) is 0 Å². The van der Waals surface area contributed by atoms with Crippen LogP contribution in [-0.2, 0) is 0 Å². The van der Waals surface area contributed by atoms with Crippen LogP contribution in [0.4, 0.5) is 14.9 Å². The van der Waals surface area contributed by atoms with Gasteiger partial charge in [-0.3, -0.25) is 4.90 Å². The van der Waals surface area contributed by atoms with Crippen LogP contribution in [0.1, 0.15) is 20.8 Å². The topological polar surface area (TPSA) is 56.8 Å². The number of nitrogens with one attached hydrogen (secondary N) is 2. The Kier molecular flexibility index (Phi) is 7.66. The molecule has 0 aliphatic carbocycles. The second-order valence-corrected chi connectivity index (χ2v) is 7.06. The van der Waals surface area contributed by atoms with E-state index in [2.05, 4.69) is 41.3 Å². The second kappa shape index (κ2) is 9.73. The zero-order chi connectivity index (χ0) is 19.1. The maximum Gasteiger partial charge on any atom is 0.319 e. The zero-order valence-electron chi connectivity index (χ0n) is 16.2. The highest BCUT2D eigenvalue weighted by molar-refractivity contribution is 5.90. The lowest BCUT2D eigenvalue weighted by molar-refractivity contribution is 0.0890. The SMILES string of the molecule is CCOc1cc(F)ccc1NC(=O)NCC(C(C)C)N1CCN(C)CC1. The van der Waals surface area contributed by atoms with E-state index in [0.29, 0.717) is 30.5 Å². The number of amides is 2. The van der Waals surface area contributed by atoms with Crippen molar-refractivity contribution in [3.63, 3.8) is 0 Å². The summed E-state index contributed by atoms with van der Waals surface area (Å²) in [6.45, 7) is 11.2. The number of carbonyl (C=O) groups is 1. The van der Waals surface area contributed by atoms with Crippen LogP contribution in [0.2, 0.25) is 0 Å². The highest BCUT2D eigenvalue weighted by Gasteiger charge is 2.25. The Labute approximate surface area is 155 Å². The number of piperazine rings is 1. The van der Waals surface area contributed by atoms with Crippen molar-refractivity contribution in [2.45, 2.75) is 26.8 Å². The lowest BCUT2D eigenvalue weighted by Gasteiger charge is -2.39. The van der Waals surface area contributed by atoms with E-state index in [1.54, 1.807) is 0 Å². The van der Waals surface area contributed by atoms with E-state index in [1.165, 1.54) is 18.2 Å².